The zero-order valence-corrected chi connectivity index (χ0v) is 18.0. The van der Waals surface area contributed by atoms with Gasteiger partial charge >= 0.3 is 0 Å². The zero-order chi connectivity index (χ0) is 22.1. The summed E-state index contributed by atoms with van der Waals surface area (Å²) in [5, 5.41) is 5.54. The molecule has 0 saturated carbocycles. The number of hydrogen-bond donors (Lipinski definition) is 1. The van der Waals surface area contributed by atoms with Gasteiger partial charge in [-0.25, -0.2) is 4.98 Å². The Balaban J connectivity index is 1.30. The molecule has 0 spiro atoms. The molecule has 0 fully saturated rings. The van der Waals surface area contributed by atoms with Gasteiger partial charge in [0.2, 0.25) is 5.89 Å². The van der Waals surface area contributed by atoms with E-state index in [1.165, 1.54) is 0 Å². The van der Waals surface area contributed by atoms with Crippen molar-refractivity contribution in [2.75, 3.05) is 11.9 Å². The molecule has 0 aliphatic heterocycles. The van der Waals surface area contributed by atoms with Gasteiger partial charge in [-0.3, -0.25) is 4.79 Å². The number of carbonyl (C=O) groups is 1. The summed E-state index contributed by atoms with van der Waals surface area (Å²) >= 11 is 6.22. The summed E-state index contributed by atoms with van der Waals surface area (Å²) in [5.74, 6) is 0.891. The third kappa shape index (κ3) is 4.03. The van der Waals surface area contributed by atoms with E-state index in [2.05, 4.69) is 10.3 Å². The second-order valence-corrected chi connectivity index (χ2v) is 7.89. The summed E-state index contributed by atoms with van der Waals surface area (Å²) in [5.41, 5.74) is 3.67. The highest BCUT2D eigenvalue weighted by Crippen LogP contribution is 2.29. The monoisotopic (exact) mass is 442 g/mol. The van der Waals surface area contributed by atoms with Crippen molar-refractivity contribution in [3.8, 4) is 17.2 Å². The molecule has 4 aromatic carbocycles. The fourth-order valence-electron chi connectivity index (χ4n) is 3.52. The third-order valence-corrected chi connectivity index (χ3v) is 5.61. The molecule has 5 rings (SSSR count). The first-order valence-electron chi connectivity index (χ1n) is 10.1. The Morgan fingerprint density at radius 1 is 1.03 bits per heavy atom. The van der Waals surface area contributed by atoms with E-state index in [1.807, 2.05) is 67.6 Å². The number of fused-ring (bicyclic) bond motifs is 2. The topological polar surface area (TPSA) is 64.4 Å². The van der Waals surface area contributed by atoms with Crippen LogP contribution in [-0.4, -0.2) is 17.5 Å². The molecule has 5 aromatic rings. The van der Waals surface area contributed by atoms with Crippen molar-refractivity contribution in [2.24, 2.45) is 0 Å². The molecule has 0 unspecified atom stereocenters. The number of benzene rings is 4. The van der Waals surface area contributed by atoms with Crippen molar-refractivity contribution in [3.05, 3.63) is 89.4 Å². The maximum absolute atomic E-state index is 12.5. The predicted octanol–water partition coefficient (Wildman–Crippen LogP) is 6.63. The first-order valence-corrected chi connectivity index (χ1v) is 10.5. The average molecular weight is 443 g/mol. The first-order chi connectivity index (χ1) is 15.6. The van der Waals surface area contributed by atoms with Crippen molar-refractivity contribution in [1.29, 1.82) is 0 Å². The van der Waals surface area contributed by atoms with E-state index < -0.39 is 0 Å². The number of rotatable bonds is 5. The Morgan fingerprint density at radius 2 is 1.88 bits per heavy atom. The largest absolute Gasteiger partial charge is 0.483 e. The van der Waals surface area contributed by atoms with Crippen LogP contribution in [0.1, 0.15) is 5.56 Å². The molecule has 1 aromatic heterocycles. The summed E-state index contributed by atoms with van der Waals surface area (Å²) in [7, 11) is 0. The quantitative estimate of drug-likeness (QED) is 0.332. The number of carbonyl (C=O) groups excluding carboxylic acids is 1. The molecule has 32 heavy (non-hydrogen) atoms. The van der Waals surface area contributed by atoms with Crippen LogP contribution in [-0.2, 0) is 4.79 Å². The Hall–Kier alpha value is -3.83. The van der Waals surface area contributed by atoms with Crippen molar-refractivity contribution < 1.29 is 13.9 Å². The molecule has 0 aliphatic rings. The summed E-state index contributed by atoms with van der Waals surface area (Å²) in [4.78, 5) is 17.0. The molecule has 0 radical (unpaired) electrons. The smallest absolute Gasteiger partial charge is 0.262 e. The van der Waals surface area contributed by atoms with Crippen LogP contribution in [0, 0.1) is 6.92 Å². The fourth-order valence-corrected chi connectivity index (χ4v) is 3.70. The van der Waals surface area contributed by atoms with Crippen LogP contribution in [0.5, 0.6) is 5.75 Å². The molecule has 158 valence electrons. The van der Waals surface area contributed by atoms with Gasteiger partial charge in [0, 0.05) is 21.7 Å². The van der Waals surface area contributed by atoms with Crippen molar-refractivity contribution in [3.63, 3.8) is 0 Å². The van der Waals surface area contributed by atoms with Crippen LogP contribution in [0.4, 0.5) is 5.69 Å². The highest BCUT2D eigenvalue weighted by Gasteiger charge is 2.12. The lowest BCUT2D eigenvalue weighted by Crippen LogP contribution is -2.20. The number of halogens is 1. The minimum Gasteiger partial charge on any atom is -0.483 e. The third-order valence-electron chi connectivity index (χ3n) is 5.20. The summed E-state index contributed by atoms with van der Waals surface area (Å²) < 4.78 is 11.6. The van der Waals surface area contributed by atoms with Crippen LogP contribution in [0.25, 0.3) is 33.3 Å². The molecule has 0 aliphatic carbocycles. The predicted molar refractivity (Wildman–Crippen MR) is 127 cm³/mol. The van der Waals surface area contributed by atoms with E-state index in [4.69, 9.17) is 20.8 Å². The minimum atomic E-state index is -0.258. The number of ether oxygens (including phenoxy) is 1. The van der Waals surface area contributed by atoms with Crippen LogP contribution in [0.2, 0.25) is 5.02 Å². The van der Waals surface area contributed by atoms with Gasteiger partial charge in [-0.1, -0.05) is 54.1 Å². The van der Waals surface area contributed by atoms with E-state index in [-0.39, 0.29) is 12.5 Å². The first kappa shape index (κ1) is 20.1. The average Bonchev–Trinajstić information content (AvgIpc) is 3.23. The standard InChI is InChI=1S/C26H19ClN2O3/c1-16-9-10-18(13-21(16)27)26-29-22-14-19(11-12-24(22)32-26)28-25(30)15-31-23-8-4-6-17-5-2-3-7-20(17)23/h2-14H,15H2,1H3,(H,28,30). The van der Waals surface area contributed by atoms with E-state index in [0.29, 0.717) is 33.4 Å². The summed E-state index contributed by atoms with van der Waals surface area (Å²) in [6, 6.07) is 24.7. The van der Waals surface area contributed by atoms with E-state index in [0.717, 1.165) is 21.9 Å². The molecule has 6 heteroatoms. The number of anilines is 1. The Bertz CT molecular complexity index is 1450. The molecule has 1 amide bonds. The van der Waals surface area contributed by atoms with Crippen LogP contribution >= 0.6 is 11.6 Å². The number of aromatic nitrogens is 1. The second kappa shape index (κ2) is 8.36. The molecular formula is C26H19ClN2O3. The van der Waals surface area contributed by atoms with Gasteiger partial charge in [-0.05, 0) is 54.3 Å². The lowest BCUT2D eigenvalue weighted by molar-refractivity contribution is -0.118. The van der Waals surface area contributed by atoms with Gasteiger partial charge in [0.25, 0.3) is 5.91 Å². The SMILES string of the molecule is Cc1ccc(-c2nc3cc(NC(=O)COc4cccc5ccccc45)ccc3o2)cc1Cl. The maximum Gasteiger partial charge on any atom is 0.262 e. The highest BCUT2D eigenvalue weighted by atomic mass is 35.5. The van der Waals surface area contributed by atoms with E-state index in [1.54, 1.807) is 18.2 Å². The van der Waals surface area contributed by atoms with E-state index >= 15 is 0 Å². The molecular weight excluding hydrogens is 424 g/mol. The molecule has 0 bridgehead atoms. The van der Waals surface area contributed by atoms with Crippen LogP contribution in [0.3, 0.4) is 0 Å². The molecule has 5 nitrogen and oxygen atoms in total. The number of aryl methyl sites for hydroxylation is 1. The Kier molecular flexibility index (Phi) is 5.25. The summed E-state index contributed by atoms with van der Waals surface area (Å²) in [6.45, 7) is 1.84. The number of hydrogen-bond acceptors (Lipinski definition) is 4. The molecule has 0 saturated heterocycles. The number of nitrogens with one attached hydrogen (secondary N) is 1. The van der Waals surface area contributed by atoms with Crippen molar-refractivity contribution >= 4 is 45.1 Å². The minimum absolute atomic E-state index is 0.0992. The number of nitrogens with zero attached hydrogens (tertiary/aromatic N) is 1. The van der Waals surface area contributed by atoms with Gasteiger partial charge in [-0.15, -0.1) is 0 Å². The van der Waals surface area contributed by atoms with Crippen LogP contribution in [0.15, 0.2) is 83.3 Å². The second-order valence-electron chi connectivity index (χ2n) is 7.48. The van der Waals surface area contributed by atoms with Gasteiger partial charge < -0.3 is 14.5 Å². The maximum atomic E-state index is 12.5. The zero-order valence-electron chi connectivity index (χ0n) is 17.3. The van der Waals surface area contributed by atoms with Gasteiger partial charge in [-0.2, -0.15) is 0 Å². The van der Waals surface area contributed by atoms with Gasteiger partial charge in [0.15, 0.2) is 12.2 Å². The van der Waals surface area contributed by atoms with E-state index in [9.17, 15) is 4.79 Å². The Labute approximate surface area is 189 Å². The van der Waals surface area contributed by atoms with Crippen molar-refractivity contribution in [1.82, 2.24) is 4.98 Å². The Morgan fingerprint density at radius 3 is 2.75 bits per heavy atom. The number of amides is 1. The fraction of sp³-hybridized carbons (Fsp3) is 0.0769. The summed E-state index contributed by atoms with van der Waals surface area (Å²) in [6.07, 6.45) is 0. The molecule has 1 N–H and O–H groups in total. The normalized spacial score (nSPS) is 11.1. The lowest BCUT2D eigenvalue weighted by atomic mass is 10.1. The van der Waals surface area contributed by atoms with Crippen LogP contribution < -0.4 is 10.1 Å². The number of oxazole rings is 1. The van der Waals surface area contributed by atoms with Gasteiger partial charge in [0.05, 0.1) is 0 Å². The highest BCUT2D eigenvalue weighted by molar-refractivity contribution is 6.31. The molecule has 1 heterocycles. The van der Waals surface area contributed by atoms with Crippen molar-refractivity contribution in [2.45, 2.75) is 6.92 Å². The lowest BCUT2D eigenvalue weighted by Gasteiger charge is -2.09. The molecule has 0 atom stereocenters. The van der Waals surface area contributed by atoms with Gasteiger partial charge in [0.1, 0.15) is 11.3 Å².